The van der Waals surface area contributed by atoms with E-state index in [0.29, 0.717) is 29.0 Å². The number of nitrogens with zero attached hydrogens (tertiary/aromatic N) is 2. The summed E-state index contributed by atoms with van der Waals surface area (Å²) in [6, 6.07) is 18.7. The molecule has 0 aliphatic heterocycles. The largest absolute Gasteiger partial charge is 0.487 e. The van der Waals surface area contributed by atoms with Gasteiger partial charge in [-0.3, -0.25) is 0 Å². The van der Waals surface area contributed by atoms with Gasteiger partial charge < -0.3 is 9.72 Å². The quantitative estimate of drug-likeness (QED) is 0.193. The summed E-state index contributed by atoms with van der Waals surface area (Å²) in [6.45, 7) is 2.55. The smallest absolute Gasteiger partial charge is 0.149 e. The van der Waals surface area contributed by atoms with Gasteiger partial charge in [0.05, 0.1) is 23.7 Å². The second-order valence-corrected chi connectivity index (χ2v) is 9.33. The van der Waals surface area contributed by atoms with Gasteiger partial charge in [-0.25, -0.2) is 9.37 Å². The fourth-order valence-corrected chi connectivity index (χ4v) is 5.32. The molecule has 0 spiro atoms. The molecule has 0 unspecified atom stereocenters. The Morgan fingerprint density at radius 2 is 1.94 bits per heavy atom. The summed E-state index contributed by atoms with van der Waals surface area (Å²) in [7, 11) is 0. The highest BCUT2D eigenvalue weighted by atomic mass is 127. The highest BCUT2D eigenvalue weighted by Crippen LogP contribution is 2.31. The third kappa shape index (κ3) is 5.07. The van der Waals surface area contributed by atoms with Crippen molar-refractivity contribution in [3.8, 4) is 11.8 Å². The molecule has 0 saturated heterocycles. The fraction of sp³-hybridized carbons (Fsp3) is 0.0833. The number of imidazole rings is 1. The average molecular weight is 635 g/mol. The van der Waals surface area contributed by atoms with Gasteiger partial charge in [0.2, 0.25) is 0 Å². The highest BCUT2D eigenvalue weighted by Gasteiger charge is 2.12. The first-order valence-corrected chi connectivity index (χ1v) is 11.5. The zero-order valence-corrected chi connectivity index (χ0v) is 20.7. The minimum absolute atomic E-state index is 0.351. The van der Waals surface area contributed by atoms with Gasteiger partial charge in [-0.2, -0.15) is 5.26 Å². The molecule has 0 bridgehead atoms. The number of allylic oxidation sites excluding steroid dienone is 1. The molecule has 0 atom stereocenters. The number of H-pyrrole nitrogens is 1. The Bertz CT molecular complexity index is 1330. The number of ether oxygens (including phenoxy) is 1. The maximum Gasteiger partial charge on any atom is 0.149 e. The van der Waals surface area contributed by atoms with Crippen molar-refractivity contribution in [3.63, 3.8) is 0 Å². The first kappa shape index (κ1) is 21.8. The Balaban J connectivity index is 1.61. The zero-order valence-electron chi connectivity index (χ0n) is 16.4. The molecule has 4 rings (SSSR count). The summed E-state index contributed by atoms with van der Waals surface area (Å²) in [6.07, 6.45) is 1.77. The molecule has 31 heavy (non-hydrogen) atoms. The van der Waals surface area contributed by atoms with E-state index in [4.69, 9.17) is 4.74 Å². The number of hydrogen-bond donors (Lipinski definition) is 1. The van der Waals surface area contributed by atoms with Crippen molar-refractivity contribution in [3.05, 3.63) is 90.1 Å². The molecule has 1 N–H and O–H groups in total. The third-order valence-electron chi connectivity index (χ3n) is 4.62. The number of rotatable bonds is 5. The van der Waals surface area contributed by atoms with E-state index in [1.54, 1.807) is 12.1 Å². The number of fused-ring (bicyclic) bond motifs is 1. The van der Waals surface area contributed by atoms with Crippen LogP contribution in [0.5, 0.6) is 5.75 Å². The number of nitriles is 1. The van der Waals surface area contributed by atoms with Crippen LogP contribution in [0.4, 0.5) is 4.39 Å². The van der Waals surface area contributed by atoms with E-state index >= 15 is 0 Å². The van der Waals surface area contributed by atoms with Crippen molar-refractivity contribution in [2.45, 2.75) is 13.5 Å². The van der Waals surface area contributed by atoms with Gasteiger partial charge in [0, 0.05) is 0 Å². The maximum atomic E-state index is 13.5. The summed E-state index contributed by atoms with van der Waals surface area (Å²) in [5.41, 5.74) is 4.71. The van der Waals surface area contributed by atoms with Crippen molar-refractivity contribution < 1.29 is 9.13 Å². The van der Waals surface area contributed by atoms with Gasteiger partial charge in [0.25, 0.3) is 0 Å². The van der Waals surface area contributed by atoms with Crippen molar-refractivity contribution in [2.75, 3.05) is 0 Å². The van der Waals surface area contributed by atoms with Crippen LogP contribution in [0.15, 0.2) is 54.6 Å². The molecule has 0 aliphatic carbocycles. The number of aromatic nitrogens is 2. The Hall–Kier alpha value is -2.45. The Kier molecular flexibility index (Phi) is 6.57. The van der Waals surface area contributed by atoms with Crippen LogP contribution in [0.25, 0.3) is 22.7 Å². The molecule has 0 saturated carbocycles. The van der Waals surface area contributed by atoms with Gasteiger partial charge in [-0.15, -0.1) is 0 Å². The molecule has 1 aromatic heterocycles. The number of aromatic amines is 1. The Morgan fingerprint density at radius 3 is 2.65 bits per heavy atom. The standard InChI is InChI=1S/C24H16FI2N3O/c1-14-3-2-4-15(7-14)13-31-23-19(26)9-16(10-20(23)27)8-17(12-28)24-29-21-6-5-18(25)11-22(21)30-24/h2-11H,13H2,1H3,(H,29,30)/b17-8-. The van der Waals surface area contributed by atoms with Crippen LogP contribution in [-0.2, 0) is 6.61 Å². The van der Waals surface area contributed by atoms with E-state index < -0.39 is 0 Å². The first-order valence-electron chi connectivity index (χ1n) is 9.38. The number of nitrogens with one attached hydrogen (secondary N) is 1. The molecule has 0 aliphatic rings. The lowest BCUT2D eigenvalue weighted by molar-refractivity contribution is 0.301. The van der Waals surface area contributed by atoms with E-state index in [1.807, 2.05) is 24.3 Å². The predicted molar refractivity (Wildman–Crippen MR) is 137 cm³/mol. The van der Waals surface area contributed by atoms with Gasteiger partial charge in [-0.1, -0.05) is 29.8 Å². The van der Waals surface area contributed by atoms with Crippen molar-refractivity contribution >= 4 is 67.9 Å². The zero-order chi connectivity index (χ0) is 22.0. The molecule has 7 heteroatoms. The molecule has 154 valence electrons. The topological polar surface area (TPSA) is 61.7 Å². The van der Waals surface area contributed by atoms with Crippen LogP contribution in [0.2, 0.25) is 0 Å². The molecule has 0 fully saturated rings. The lowest BCUT2D eigenvalue weighted by Gasteiger charge is -2.12. The minimum atomic E-state index is -0.351. The normalized spacial score (nSPS) is 11.5. The monoisotopic (exact) mass is 635 g/mol. The SMILES string of the molecule is Cc1cccc(COc2c(I)cc(/C=C(/C#N)c3nc4ccc(F)cc4[nH]3)cc2I)c1. The summed E-state index contributed by atoms with van der Waals surface area (Å²) in [5, 5.41) is 9.67. The summed E-state index contributed by atoms with van der Waals surface area (Å²) in [5.74, 6) is 0.876. The van der Waals surface area contributed by atoms with Crippen molar-refractivity contribution in [2.24, 2.45) is 0 Å². The van der Waals surface area contributed by atoms with Gasteiger partial charge in [-0.05, 0) is 99.6 Å². The van der Waals surface area contributed by atoms with Crippen LogP contribution in [-0.4, -0.2) is 9.97 Å². The van der Waals surface area contributed by atoms with E-state index in [1.165, 1.54) is 17.7 Å². The molecule has 1 heterocycles. The molecule has 0 amide bonds. The van der Waals surface area contributed by atoms with E-state index in [9.17, 15) is 9.65 Å². The Labute approximate surface area is 206 Å². The molecule has 4 nitrogen and oxygen atoms in total. The van der Waals surface area contributed by atoms with Crippen molar-refractivity contribution in [1.29, 1.82) is 5.26 Å². The maximum absolute atomic E-state index is 13.5. The van der Waals surface area contributed by atoms with Crippen LogP contribution >= 0.6 is 45.2 Å². The number of hydrogen-bond acceptors (Lipinski definition) is 3. The predicted octanol–water partition coefficient (Wildman–Crippen LogP) is 6.86. The molecule has 4 aromatic rings. The number of halogens is 3. The first-order chi connectivity index (χ1) is 14.9. The summed E-state index contributed by atoms with van der Waals surface area (Å²) < 4.78 is 21.4. The molecular formula is C24H16FI2N3O. The number of aryl methyl sites for hydroxylation is 1. The molecule has 0 radical (unpaired) electrons. The molecule has 3 aromatic carbocycles. The second-order valence-electron chi connectivity index (χ2n) is 7.01. The fourth-order valence-electron chi connectivity index (χ4n) is 3.19. The highest BCUT2D eigenvalue weighted by molar-refractivity contribution is 14.1. The van der Waals surface area contributed by atoms with E-state index in [-0.39, 0.29) is 5.82 Å². The lowest BCUT2D eigenvalue weighted by atomic mass is 10.1. The summed E-state index contributed by atoms with van der Waals surface area (Å²) >= 11 is 4.49. The van der Waals surface area contributed by atoms with Crippen LogP contribution in [0.3, 0.4) is 0 Å². The lowest BCUT2D eigenvalue weighted by Crippen LogP contribution is -2.00. The van der Waals surface area contributed by atoms with E-state index in [0.717, 1.165) is 24.0 Å². The second kappa shape index (κ2) is 9.36. The van der Waals surface area contributed by atoms with Crippen LogP contribution < -0.4 is 4.74 Å². The van der Waals surface area contributed by atoms with Crippen LogP contribution in [0.1, 0.15) is 22.5 Å². The number of benzene rings is 3. The average Bonchev–Trinajstić information content (AvgIpc) is 3.14. The van der Waals surface area contributed by atoms with Gasteiger partial charge >= 0.3 is 0 Å². The Morgan fingerprint density at radius 1 is 1.16 bits per heavy atom. The summed E-state index contributed by atoms with van der Waals surface area (Å²) in [4.78, 5) is 7.43. The van der Waals surface area contributed by atoms with Gasteiger partial charge in [0.15, 0.2) is 0 Å². The van der Waals surface area contributed by atoms with Crippen LogP contribution in [0, 0.1) is 31.2 Å². The van der Waals surface area contributed by atoms with E-state index in [2.05, 4.69) is 80.3 Å². The van der Waals surface area contributed by atoms with Gasteiger partial charge in [0.1, 0.15) is 30.1 Å². The minimum Gasteiger partial charge on any atom is -0.487 e. The molecular weight excluding hydrogens is 619 g/mol. The van der Waals surface area contributed by atoms with Crippen molar-refractivity contribution in [1.82, 2.24) is 9.97 Å². The third-order valence-corrected chi connectivity index (χ3v) is 6.22.